The fraction of sp³-hybridized carbons (Fsp3) is 0.438. The number of hydrogen-bond acceptors (Lipinski definition) is 5. The molecule has 2 heterocycles. The fourth-order valence-corrected chi connectivity index (χ4v) is 3.11. The molecule has 1 saturated heterocycles. The van der Waals surface area contributed by atoms with E-state index in [1.807, 2.05) is 0 Å². The maximum atomic E-state index is 12.5. The van der Waals surface area contributed by atoms with E-state index in [1.165, 1.54) is 4.57 Å². The highest BCUT2D eigenvalue weighted by Crippen LogP contribution is 2.18. The van der Waals surface area contributed by atoms with Crippen molar-refractivity contribution >= 4 is 34.5 Å². The first-order chi connectivity index (χ1) is 12.0. The molecular formula is C16H19ClN4O4. The number of nitrogens with one attached hydrogen (secondary N) is 2. The second-order valence-electron chi connectivity index (χ2n) is 5.84. The van der Waals surface area contributed by atoms with Crippen LogP contribution in [0.2, 0.25) is 5.02 Å². The molecule has 0 bridgehead atoms. The predicted molar refractivity (Wildman–Crippen MR) is 92.5 cm³/mol. The lowest BCUT2D eigenvalue weighted by Crippen LogP contribution is -2.58. The summed E-state index contributed by atoms with van der Waals surface area (Å²) in [7, 11) is 1.56. The zero-order valence-electron chi connectivity index (χ0n) is 13.8. The number of carbonyl (C=O) groups is 2. The Bertz CT molecular complexity index is 859. The topological polar surface area (TPSA) is 96.6 Å². The van der Waals surface area contributed by atoms with Crippen molar-refractivity contribution in [2.45, 2.75) is 19.0 Å². The normalized spacial score (nSPS) is 17.7. The van der Waals surface area contributed by atoms with E-state index < -0.39 is 11.8 Å². The zero-order valence-corrected chi connectivity index (χ0v) is 14.5. The Labute approximate surface area is 148 Å². The SMILES string of the molecule is CNC(=O)[C@@H]1CN(C(=O)CCn2c(=O)oc3cc(Cl)ccc32)CCN1. The number of rotatable bonds is 4. The van der Waals surface area contributed by atoms with Gasteiger partial charge in [0, 0.05) is 50.7 Å². The van der Waals surface area contributed by atoms with Crippen molar-refractivity contribution in [1.29, 1.82) is 0 Å². The van der Waals surface area contributed by atoms with Gasteiger partial charge in [-0.1, -0.05) is 11.6 Å². The minimum atomic E-state index is -0.520. The number of amides is 2. The molecule has 0 radical (unpaired) electrons. The summed E-state index contributed by atoms with van der Waals surface area (Å²) in [5.41, 5.74) is 0.998. The van der Waals surface area contributed by atoms with Crippen LogP contribution in [0.5, 0.6) is 0 Å². The highest BCUT2D eigenvalue weighted by molar-refractivity contribution is 6.31. The fourth-order valence-electron chi connectivity index (χ4n) is 2.94. The van der Waals surface area contributed by atoms with Crippen LogP contribution in [0.25, 0.3) is 11.1 Å². The van der Waals surface area contributed by atoms with Crippen molar-refractivity contribution in [2.75, 3.05) is 26.7 Å². The van der Waals surface area contributed by atoms with Crippen molar-refractivity contribution < 1.29 is 14.0 Å². The van der Waals surface area contributed by atoms with Gasteiger partial charge in [-0.2, -0.15) is 0 Å². The first kappa shape index (κ1) is 17.5. The molecule has 1 aromatic heterocycles. The van der Waals surface area contributed by atoms with Gasteiger partial charge in [0.15, 0.2) is 5.58 Å². The van der Waals surface area contributed by atoms with E-state index in [9.17, 15) is 14.4 Å². The molecule has 0 spiro atoms. The van der Waals surface area contributed by atoms with Crippen LogP contribution in [0.15, 0.2) is 27.4 Å². The van der Waals surface area contributed by atoms with Gasteiger partial charge in [0.05, 0.1) is 5.52 Å². The average Bonchev–Trinajstić information content (AvgIpc) is 2.93. The van der Waals surface area contributed by atoms with Crippen LogP contribution < -0.4 is 16.4 Å². The van der Waals surface area contributed by atoms with Crippen LogP contribution in [0, 0.1) is 0 Å². The van der Waals surface area contributed by atoms with E-state index in [-0.39, 0.29) is 24.8 Å². The summed E-state index contributed by atoms with van der Waals surface area (Å²) < 4.78 is 6.57. The lowest BCUT2D eigenvalue weighted by molar-refractivity contribution is -0.134. The highest BCUT2D eigenvalue weighted by Gasteiger charge is 2.27. The van der Waals surface area contributed by atoms with Gasteiger partial charge in [-0.3, -0.25) is 14.2 Å². The molecule has 2 aromatic rings. The number of benzene rings is 1. The number of halogens is 1. The van der Waals surface area contributed by atoms with Crippen molar-refractivity contribution in [3.63, 3.8) is 0 Å². The number of piperazine rings is 1. The van der Waals surface area contributed by atoms with Gasteiger partial charge in [0.1, 0.15) is 6.04 Å². The van der Waals surface area contributed by atoms with Crippen LogP contribution in [-0.2, 0) is 16.1 Å². The molecule has 2 amide bonds. The Morgan fingerprint density at radius 2 is 2.24 bits per heavy atom. The summed E-state index contributed by atoms with van der Waals surface area (Å²) in [6, 6.07) is 4.52. The first-order valence-electron chi connectivity index (χ1n) is 8.01. The number of carbonyl (C=O) groups excluding carboxylic acids is 2. The Balaban J connectivity index is 1.67. The van der Waals surface area contributed by atoms with Gasteiger partial charge in [0.25, 0.3) is 0 Å². The molecule has 1 fully saturated rings. The average molecular weight is 367 g/mol. The van der Waals surface area contributed by atoms with Gasteiger partial charge < -0.3 is 20.0 Å². The molecule has 0 saturated carbocycles. The largest absolute Gasteiger partial charge is 0.419 e. The minimum Gasteiger partial charge on any atom is -0.408 e. The molecule has 1 aromatic carbocycles. The summed E-state index contributed by atoms with van der Waals surface area (Å²) in [6.45, 7) is 1.61. The van der Waals surface area contributed by atoms with Gasteiger partial charge in [0.2, 0.25) is 11.8 Å². The number of aryl methyl sites for hydroxylation is 1. The predicted octanol–water partition coefficient (Wildman–Crippen LogP) is 0.184. The molecule has 0 unspecified atom stereocenters. The monoisotopic (exact) mass is 366 g/mol. The van der Waals surface area contributed by atoms with E-state index in [0.717, 1.165) is 0 Å². The molecule has 1 aliphatic heterocycles. The van der Waals surface area contributed by atoms with Crippen molar-refractivity contribution in [3.8, 4) is 0 Å². The first-order valence-corrected chi connectivity index (χ1v) is 8.39. The van der Waals surface area contributed by atoms with E-state index in [1.54, 1.807) is 30.1 Å². The molecular weight excluding hydrogens is 348 g/mol. The third-order valence-corrected chi connectivity index (χ3v) is 4.51. The summed E-state index contributed by atoms with van der Waals surface area (Å²) in [4.78, 5) is 37.8. The second kappa shape index (κ2) is 7.28. The second-order valence-corrected chi connectivity index (χ2v) is 6.28. The molecule has 3 rings (SSSR count). The van der Waals surface area contributed by atoms with Crippen LogP contribution in [0.4, 0.5) is 0 Å². The van der Waals surface area contributed by atoms with Crippen LogP contribution in [-0.4, -0.2) is 54.0 Å². The molecule has 134 valence electrons. The smallest absolute Gasteiger partial charge is 0.408 e. The zero-order chi connectivity index (χ0) is 18.0. The van der Waals surface area contributed by atoms with Crippen LogP contribution >= 0.6 is 11.6 Å². The van der Waals surface area contributed by atoms with E-state index >= 15 is 0 Å². The lowest BCUT2D eigenvalue weighted by atomic mass is 10.2. The molecule has 1 atom stereocenters. The summed E-state index contributed by atoms with van der Waals surface area (Å²) in [5, 5.41) is 6.12. The Kier molecular flexibility index (Phi) is 5.10. The molecule has 1 aliphatic rings. The third-order valence-electron chi connectivity index (χ3n) is 4.27. The molecule has 9 heteroatoms. The molecule has 2 N–H and O–H groups in total. The molecule has 0 aliphatic carbocycles. The van der Waals surface area contributed by atoms with E-state index in [0.29, 0.717) is 35.8 Å². The maximum absolute atomic E-state index is 12.5. The maximum Gasteiger partial charge on any atom is 0.419 e. The van der Waals surface area contributed by atoms with Crippen LogP contribution in [0.1, 0.15) is 6.42 Å². The number of nitrogens with zero attached hydrogens (tertiary/aromatic N) is 2. The van der Waals surface area contributed by atoms with Gasteiger partial charge in [-0.05, 0) is 12.1 Å². The summed E-state index contributed by atoms with van der Waals surface area (Å²) in [5.74, 6) is -0.773. The molecule has 8 nitrogen and oxygen atoms in total. The lowest BCUT2D eigenvalue weighted by Gasteiger charge is -2.32. The number of hydrogen-bond donors (Lipinski definition) is 2. The van der Waals surface area contributed by atoms with Gasteiger partial charge >= 0.3 is 5.76 Å². The van der Waals surface area contributed by atoms with Gasteiger partial charge in [-0.25, -0.2) is 4.79 Å². The number of oxazole rings is 1. The Morgan fingerprint density at radius 1 is 1.44 bits per heavy atom. The summed E-state index contributed by atoms with van der Waals surface area (Å²) >= 11 is 5.89. The quantitative estimate of drug-likeness (QED) is 0.805. The standard InChI is InChI=1S/C16H19ClN4O4/c1-18-15(23)11-9-20(7-5-19-11)14(22)4-6-21-12-3-2-10(17)8-13(12)25-16(21)24/h2-3,8,11,19H,4-7,9H2,1H3,(H,18,23)/t11-/m0/s1. The Hall–Kier alpha value is -2.32. The van der Waals surface area contributed by atoms with Crippen molar-refractivity contribution in [1.82, 2.24) is 20.1 Å². The van der Waals surface area contributed by atoms with Crippen molar-refractivity contribution in [3.05, 3.63) is 33.8 Å². The summed E-state index contributed by atoms with van der Waals surface area (Å²) in [6.07, 6.45) is 0.150. The van der Waals surface area contributed by atoms with Gasteiger partial charge in [-0.15, -0.1) is 0 Å². The van der Waals surface area contributed by atoms with Crippen molar-refractivity contribution in [2.24, 2.45) is 0 Å². The number of likely N-dealkylation sites (N-methyl/N-ethyl adjacent to an activating group) is 1. The minimum absolute atomic E-state index is 0.106. The Morgan fingerprint density at radius 3 is 3.00 bits per heavy atom. The highest BCUT2D eigenvalue weighted by atomic mass is 35.5. The number of fused-ring (bicyclic) bond motifs is 1. The van der Waals surface area contributed by atoms with E-state index in [2.05, 4.69) is 10.6 Å². The third kappa shape index (κ3) is 3.69. The van der Waals surface area contributed by atoms with E-state index in [4.69, 9.17) is 16.0 Å². The van der Waals surface area contributed by atoms with Crippen LogP contribution in [0.3, 0.4) is 0 Å². The number of aromatic nitrogens is 1. The molecule has 25 heavy (non-hydrogen) atoms.